The Balaban J connectivity index is 2.97. The van der Waals surface area contributed by atoms with Crippen molar-refractivity contribution in [1.82, 2.24) is 0 Å². The highest BCUT2D eigenvalue weighted by atomic mass is 16.5. The SMILES string of the molecule is CCC(C)(C)CNc1c(N)cccc1C(=O)OC. The first kappa shape index (κ1) is 14.4. The van der Waals surface area contributed by atoms with Crippen LogP contribution < -0.4 is 11.1 Å². The summed E-state index contributed by atoms with van der Waals surface area (Å²) < 4.78 is 4.76. The summed E-state index contributed by atoms with van der Waals surface area (Å²) in [6, 6.07) is 5.23. The van der Waals surface area contributed by atoms with Gasteiger partial charge in [-0.25, -0.2) is 4.79 Å². The van der Waals surface area contributed by atoms with E-state index in [-0.39, 0.29) is 11.4 Å². The van der Waals surface area contributed by atoms with Gasteiger partial charge < -0.3 is 15.8 Å². The number of nitrogens with two attached hydrogens (primary N) is 1. The third kappa shape index (κ3) is 3.39. The molecule has 0 saturated carbocycles. The van der Waals surface area contributed by atoms with Crippen LogP contribution in [0, 0.1) is 5.41 Å². The standard InChI is InChI=1S/C14H22N2O2/c1-5-14(2,3)9-16-12-10(13(17)18-4)7-6-8-11(12)15/h6-8,16H,5,9,15H2,1-4H3. The molecule has 0 unspecified atom stereocenters. The Bertz CT molecular complexity index is 428. The molecule has 0 heterocycles. The number of rotatable bonds is 5. The van der Waals surface area contributed by atoms with Crippen molar-refractivity contribution in [2.24, 2.45) is 5.41 Å². The normalized spacial score (nSPS) is 11.1. The number of nitrogen functional groups attached to an aromatic ring is 1. The maximum Gasteiger partial charge on any atom is 0.340 e. The molecule has 100 valence electrons. The number of esters is 1. The molecule has 0 aromatic heterocycles. The predicted molar refractivity (Wildman–Crippen MR) is 74.8 cm³/mol. The molecule has 0 aliphatic carbocycles. The van der Waals surface area contributed by atoms with Crippen molar-refractivity contribution in [2.45, 2.75) is 27.2 Å². The smallest absolute Gasteiger partial charge is 0.340 e. The van der Waals surface area contributed by atoms with E-state index >= 15 is 0 Å². The number of nitrogens with one attached hydrogen (secondary N) is 1. The van der Waals surface area contributed by atoms with Crippen LogP contribution in [0.5, 0.6) is 0 Å². The number of benzene rings is 1. The van der Waals surface area contributed by atoms with Gasteiger partial charge in [0.25, 0.3) is 0 Å². The first-order chi connectivity index (χ1) is 8.41. The van der Waals surface area contributed by atoms with E-state index in [1.807, 2.05) is 0 Å². The predicted octanol–water partition coefficient (Wildman–Crippen LogP) is 2.90. The maximum absolute atomic E-state index is 11.7. The Morgan fingerprint density at radius 2 is 2.11 bits per heavy atom. The van der Waals surface area contributed by atoms with E-state index in [1.54, 1.807) is 18.2 Å². The van der Waals surface area contributed by atoms with Gasteiger partial charge in [0.2, 0.25) is 0 Å². The van der Waals surface area contributed by atoms with E-state index < -0.39 is 0 Å². The molecule has 0 saturated heterocycles. The van der Waals surface area contributed by atoms with Crippen LogP contribution >= 0.6 is 0 Å². The van der Waals surface area contributed by atoms with Crippen molar-refractivity contribution in [3.8, 4) is 0 Å². The number of hydrogen-bond donors (Lipinski definition) is 2. The summed E-state index contributed by atoms with van der Waals surface area (Å²) in [5.74, 6) is -0.376. The summed E-state index contributed by atoms with van der Waals surface area (Å²) >= 11 is 0. The topological polar surface area (TPSA) is 64.3 Å². The van der Waals surface area contributed by atoms with Crippen molar-refractivity contribution in [3.63, 3.8) is 0 Å². The van der Waals surface area contributed by atoms with Gasteiger partial charge in [0.1, 0.15) is 0 Å². The average molecular weight is 250 g/mol. The van der Waals surface area contributed by atoms with E-state index in [1.165, 1.54) is 7.11 Å². The molecule has 18 heavy (non-hydrogen) atoms. The van der Waals surface area contributed by atoms with Gasteiger partial charge in [0.15, 0.2) is 0 Å². The van der Waals surface area contributed by atoms with E-state index in [9.17, 15) is 4.79 Å². The van der Waals surface area contributed by atoms with E-state index in [2.05, 4.69) is 26.1 Å². The second-order valence-electron chi connectivity index (χ2n) is 5.13. The van der Waals surface area contributed by atoms with Crippen LogP contribution in [0.25, 0.3) is 0 Å². The maximum atomic E-state index is 11.7. The Labute approximate surface area is 109 Å². The molecule has 0 bridgehead atoms. The van der Waals surface area contributed by atoms with Crippen LogP contribution in [-0.2, 0) is 4.74 Å². The average Bonchev–Trinajstić information content (AvgIpc) is 2.36. The summed E-state index contributed by atoms with van der Waals surface area (Å²) in [6.45, 7) is 7.22. The minimum Gasteiger partial charge on any atom is -0.465 e. The molecular weight excluding hydrogens is 228 g/mol. The van der Waals surface area contributed by atoms with E-state index in [0.717, 1.165) is 13.0 Å². The third-order valence-electron chi connectivity index (χ3n) is 3.20. The zero-order valence-electron chi connectivity index (χ0n) is 11.5. The zero-order valence-corrected chi connectivity index (χ0v) is 11.5. The largest absolute Gasteiger partial charge is 0.465 e. The lowest BCUT2D eigenvalue weighted by Gasteiger charge is -2.24. The van der Waals surface area contributed by atoms with Crippen molar-refractivity contribution < 1.29 is 9.53 Å². The summed E-state index contributed by atoms with van der Waals surface area (Å²) in [4.78, 5) is 11.7. The molecule has 4 heteroatoms. The molecule has 0 atom stereocenters. The molecule has 0 radical (unpaired) electrons. The van der Waals surface area contributed by atoms with Crippen molar-refractivity contribution >= 4 is 17.3 Å². The molecule has 0 fully saturated rings. The lowest BCUT2D eigenvalue weighted by molar-refractivity contribution is 0.0602. The van der Waals surface area contributed by atoms with Gasteiger partial charge in [-0.2, -0.15) is 0 Å². The molecule has 0 aliphatic rings. The minimum atomic E-state index is -0.376. The van der Waals surface area contributed by atoms with Crippen molar-refractivity contribution in [2.75, 3.05) is 24.7 Å². The fourth-order valence-electron chi connectivity index (χ4n) is 1.50. The summed E-state index contributed by atoms with van der Waals surface area (Å²) in [5.41, 5.74) is 7.76. The highest BCUT2D eigenvalue weighted by molar-refractivity contribution is 5.98. The Kier molecular flexibility index (Phi) is 4.59. The third-order valence-corrected chi connectivity index (χ3v) is 3.20. The Morgan fingerprint density at radius 1 is 1.44 bits per heavy atom. The van der Waals surface area contributed by atoms with E-state index in [4.69, 9.17) is 10.5 Å². The number of para-hydroxylation sites is 1. The van der Waals surface area contributed by atoms with Crippen LogP contribution in [0.15, 0.2) is 18.2 Å². The van der Waals surface area contributed by atoms with E-state index in [0.29, 0.717) is 16.9 Å². The van der Waals surface area contributed by atoms with Crippen LogP contribution in [0.4, 0.5) is 11.4 Å². The van der Waals surface area contributed by atoms with Gasteiger partial charge in [-0.3, -0.25) is 0 Å². The monoisotopic (exact) mass is 250 g/mol. The molecule has 3 N–H and O–H groups in total. The quantitative estimate of drug-likeness (QED) is 0.623. The second kappa shape index (κ2) is 5.76. The number of carbonyl (C=O) groups excluding carboxylic acids is 1. The lowest BCUT2D eigenvalue weighted by atomic mass is 9.90. The van der Waals surface area contributed by atoms with Crippen LogP contribution in [0.1, 0.15) is 37.6 Å². The number of anilines is 2. The highest BCUT2D eigenvalue weighted by Gasteiger charge is 2.18. The van der Waals surface area contributed by atoms with Crippen LogP contribution in [0.2, 0.25) is 0 Å². The zero-order chi connectivity index (χ0) is 13.8. The second-order valence-corrected chi connectivity index (χ2v) is 5.13. The van der Waals surface area contributed by atoms with Gasteiger partial charge in [-0.15, -0.1) is 0 Å². The number of methoxy groups -OCH3 is 1. The van der Waals surface area contributed by atoms with Gasteiger partial charge >= 0.3 is 5.97 Å². The molecule has 1 aromatic carbocycles. The van der Waals surface area contributed by atoms with Gasteiger partial charge in [0.05, 0.1) is 24.0 Å². The molecule has 1 rings (SSSR count). The fourth-order valence-corrected chi connectivity index (χ4v) is 1.50. The van der Waals surface area contributed by atoms with Crippen molar-refractivity contribution in [1.29, 1.82) is 0 Å². The lowest BCUT2D eigenvalue weighted by Crippen LogP contribution is -2.23. The van der Waals surface area contributed by atoms with Crippen LogP contribution in [0.3, 0.4) is 0 Å². The van der Waals surface area contributed by atoms with Gasteiger partial charge in [-0.1, -0.05) is 26.8 Å². The van der Waals surface area contributed by atoms with Crippen molar-refractivity contribution in [3.05, 3.63) is 23.8 Å². The number of ether oxygens (including phenoxy) is 1. The minimum absolute atomic E-state index is 0.148. The highest BCUT2D eigenvalue weighted by Crippen LogP contribution is 2.27. The molecule has 0 amide bonds. The molecule has 0 aliphatic heterocycles. The summed E-state index contributed by atoms with van der Waals surface area (Å²) in [5, 5.41) is 3.26. The van der Waals surface area contributed by atoms with Gasteiger partial charge in [0, 0.05) is 6.54 Å². The fraction of sp³-hybridized carbons (Fsp3) is 0.500. The first-order valence-electron chi connectivity index (χ1n) is 6.12. The Morgan fingerprint density at radius 3 is 2.67 bits per heavy atom. The first-order valence-corrected chi connectivity index (χ1v) is 6.12. The molecule has 0 spiro atoms. The molecule has 1 aromatic rings. The molecular formula is C14H22N2O2. The van der Waals surface area contributed by atoms with Gasteiger partial charge in [-0.05, 0) is 24.0 Å². The summed E-state index contributed by atoms with van der Waals surface area (Å²) in [7, 11) is 1.37. The van der Waals surface area contributed by atoms with Crippen LogP contribution in [-0.4, -0.2) is 19.6 Å². The number of hydrogen-bond acceptors (Lipinski definition) is 4. The number of carbonyl (C=O) groups is 1. The Hall–Kier alpha value is -1.71. The molecule has 4 nitrogen and oxygen atoms in total. The summed E-state index contributed by atoms with van der Waals surface area (Å²) in [6.07, 6.45) is 1.04.